The van der Waals surface area contributed by atoms with Crippen LogP contribution in [0.15, 0.2) is 47.1 Å². The van der Waals surface area contributed by atoms with Crippen LogP contribution in [0.1, 0.15) is 36.7 Å². The summed E-state index contributed by atoms with van der Waals surface area (Å²) in [5, 5.41) is 20.0. The van der Waals surface area contributed by atoms with Crippen LogP contribution >= 0.6 is 0 Å². The Labute approximate surface area is 135 Å². The van der Waals surface area contributed by atoms with Crippen molar-refractivity contribution in [2.75, 3.05) is 6.54 Å². The normalized spacial score (nSPS) is 19.0. The SMILES string of the molecule is O=C(Cc1ccccc1O)N1CCC[C@@H]1C[C@H](O)c1ccco1. The number of likely N-dealkylation sites (tertiary alicyclic amines) is 1. The van der Waals surface area contributed by atoms with Gasteiger partial charge in [-0.1, -0.05) is 18.2 Å². The molecule has 0 bridgehead atoms. The van der Waals surface area contributed by atoms with Gasteiger partial charge in [0, 0.05) is 24.6 Å². The molecule has 5 heteroatoms. The minimum absolute atomic E-state index is 0.00783. The summed E-state index contributed by atoms with van der Waals surface area (Å²) in [6.45, 7) is 0.696. The van der Waals surface area contributed by atoms with Gasteiger partial charge in [0.1, 0.15) is 17.6 Å². The molecular weight excluding hydrogens is 294 g/mol. The van der Waals surface area contributed by atoms with Gasteiger partial charge in [-0.2, -0.15) is 0 Å². The first kappa shape index (κ1) is 15.6. The zero-order valence-corrected chi connectivity index (χ0v) is 12.9. The van der Waals surface area contributed by atoms with Crippen LogP contribution in [0.2, 0.25) is 0 Å². The average Bonchev–Trinajstić information content (AvgIpc) is 3.20. The lowest BCUT2D eigenvalue weighted by atomic mass is 10.0. The van der Waals surface area contributed by atoms with Crippen molar-refractivity contribution in [3.8, 4) is 5.75 Å². The van der Waals surface area contributed by atoms with E-state index < -0.39 is 6.10 Å². The van der Waals surface area contributed by atoms with Crippen molar-refractivity contribution in [1.82, 2.24) is 4.90 Å². The number of phenolic OH excluding ortho intramolecular Hbond substituents is 1. The maximum Gasteiger partial charge on any atom is 0.227 e. The van der Waals surface area contributed by atoms with E-state index in [-0.39, 0.29) is 24.1 Å². The Morgan fingerprint density at radius 3 is 2.87 bits per heavy atom. The molecule has 0 aliphatic carbocycles. The van der Waals surface area contributed by atoms with Crippen LogP contribution in [0.25, 0.3) is 0 Å². The summed E-state index contributed by atoms with van der Waals surface area (Å²) in [6, 6.07) is 10.4. The number of furan rings is 1. The molecule has 23 heavy (non-hydrogen) atoms. The highest BCUT2D eigenvalue weighted by molar-refractivity contribution is 5.80. The molecule has 1 aromatic carbocycles. The molecule has 2 N–H and O–H groups in total. The number of hydrogen-bond acceptors (Lipinski definition) is 4. The predicted molar refractivity (Wildman–Crippen MR) is 84.8 cm³/mol. The van der Waals surface area contributed by atoms with E-state index in [4.69, 9.17) is 4.42 Å². The number of para-hydroxylation sites is 1. The van der Waals surface area contributed by atoms with Crippen molar-refractivity contribution in [3.63, 3.8) is 0 Å². The first-order valence-corrected chi connectivity index (χ1v) is 7.93. The number of amides is 1. The number of nitrogens with zero attached hydrogens (tertiary/aromatic N) is 1. The van der Waals surface area contributed by atoms with Crippen molar-refractivity contribution in [1.29, 1.82) is 0 Å². The summed E-state index contributed by atoms with van der Waals surface area (Å²) in [5.41, 5.74) is 0.634. The van der Waals surface area contributed by atoms with Crippen LogP contribution in [-0.4, -0.2) is 33.6 Å². The van der Waals surface area contributed by atoms with E-state index in [9.17, 15) is 15.0 Å². The van der Waals surface area contributed by atoms with Gasteiger partial charge in [0.25, 0.3) is 0 Å². The zero-order valence-electron chi connectivity index (χ0n) is 12.9. The van der Waals surface area contributed by atoms with Gasteiger partial charge in [-0.05, 0) is 31.0 Å². The lowest BCUT2D eigenvalue weighted by molar-refractivity contribution is -0.131. The summed E-state index contributed by atoms with van der Waals surface area (Å²) in [7, 11) is 0. The molecule has 0 radical (unpaired) electrons. The molecule has 1 saturated heterocycles. The molecular formula is C18H21NO4. The highest BCUT2D eigenvalue weighted by Gasteiger charge is 2.31. The first-order chi connectivity index (χ1) is 11.1. The second-order valence-corrected chi connectivity index (χ2v) is 5.96. The molecule has 0 saturated carbocycles. The molecule has 0 unspecified atom stereocenters. The fourth-order valence-electron chi connectivity index (χ4n) is 3.19. The van der Waals surface area contributed by atoms with E-state index in [0.717, 1.165) is 12.8 Å². The lowest BCUT2D eigenvalue weighted by Crippen LogP contribution is -2.37. The standard InChI is InChI=1S/C18H21NO4/c20-15-7-2-1-5-13(15)11-18(22)19-9-3-6-14(19)12-16(21)17-8-4-10-23-17/h1-2,4-5,7-8,10,14,16,20-21H,3,6,9,11-12H2/t14-,16+/m1/s1. The van der Waals surface area contributed by atoms with Crippen LogP contribution in [0.3, 0.4) is 0 Å². The van der Waals surface area contributed by atoms with Crippen LogP contribution in [0.4, 0.5) is 0 Å². The highest BCUT2D eigenvalue weighted by Crippen LogP contribution is 2.28. The molecule has 2 aromatic rings. The third-order valence-electron chi connectivity index (χ3n) is 4.40. The Hall–Kier alpha value is -2.27. The van der Waals surface area contributed by atoms with Crippen LogP contribution in [0.5, 0.6) is 5.75 Å². The Kier molecular flexibility index (Phi) is 4.67. The van der Waals surface area contributed by atoms with E-state index in [1.54, 1.807) is 30.3 Å². The largest absolute Gasteiger partial charge is 0.508 e. The third kappa shape index (κ3) is 3.56. The molecule has 0 spiro atoms. The second-order valence-electron chi connectivity index (χ2n) is 5.96. The van der Waals surface area contributed by atoms with Gasteiger partial charge in [0.15, 0.2) is 0 Å². The maximum absolute atomic E-state index is 12.6. The van der Waals surface area contributed by atoms with Crippen molar-refractivity contribution in [2.24, 2.45) is 0 Å². The molecule has 122 valence electrons. The third-order valence-corrected chi connectivity index (χ3v) is 4.40. The minimum Gasteiger partial charge on any atom is -0.508 e. The molecule has 1 amide bonds. The smallest absolute Gasteiger partial charge is 0.227 e. The summed E-state index contributed by atoms with van der Waals surface area (Å²) >= 11 is 0. The van der Waals surface area contributed by atoms with Gasteiger partial charge < -0.3 is 19.5 Å². The number of aliphatic hydroxyl groups is 1. The summed E-state index contributed by atoms with van der Waals surface area (Å²) < 4.78 is 5.23. The molecule has 1 fully saturated rings. The minimum atomic E-state index is -0.700. The van der Waals surface area contributed by atoms with Gasteiger partial charge in [0.2, 0.25) is 5.91 Å². The maximum atomic E-state index is 12.6. The van der Waals surface area contributed by atoms with Gasteiger partial charge in [-0.25, -0.2) is 0 Å². The van der Waals surface area contributed by atoms with E-state index in [2.05, 4.69) is 0 Å². The zero-order chi connectivity index (χ0) is 16.2. The van der Waals surface area contributed by atoms with Crippen LogP contribution < -0.4 is 0 Å². The number of rotatable bonds is 5. The first-order valence-electron chi connectivity index (χ1n) is 7.93. The van der Waals surface area contributed by atoms with Crippen molar-refractivity contribution in [2.45, 2.75) is 37.8 Å². The topological polar surface area (TPSA) is 73.9 Å². The summed E-state index contributed by atoms with van der Waals surface area (Å²) in [5.74, 6) is 0.665. The number of aromatic hydroxyl groups is 1. The molecule has 1 aliphatic rings. The molecule has 1 aliphatic heterocycles. The van der Waals surface area contributed by atoms with E-state index in [1.807, 2.05) is 11.0 Å². The Bertz CT molecular complexity index is 653. The number of aliphatic hydroxyl groups excluding tert-OH is 1. The van der Waals surface area contributed by atoms with E-state index in [1.165, 1.54) is 6.26 Å². The Balaban J connectivity index is 1.64. The van der Waals surface area contributed by atoms with Crippen molar-refractivity contribution >= 4 is 5.91 Å². The van der Waals surface area contributed by atoms with E-state index in [0.29, 0.717) is 24.3 Å². The van der Waals surface area contributed by atoms with Crippen LogP contribution in [0, 0.1) is 0 Å². The van der Waals surface area contributed by atoms with E-state index >= 15 is 0 Å². The number of carbonyl (C=O) groups is 1. The van der Waals surface area contributed by atoms with Crippen molar-refractivity contribution in [3.05, 3.63) is 54.0 Å². The lowest BCUT2D eigenvalue weighted by Gasteiger charge is -2.26. The monoisotopic (exact) mass is 315 g/mol. The number of benzene rings is 1. The Morgan fingerprint density at radius 1 is 1.30 bits per heavy atom. The fourth-order valence-corrected chi connectivity index (χ4v) is 3.19. The van der Waals surface area contributed by atoms with Crippen molar-refractivity contribution < 1.29 is 19.4 Å². The summed E-state index contributed by atoms with van der Waals surface area (Å²) in [6.07, 6.45) is 3.30. The quantitative estimate of drug-likeness (QED) is 0.889. The Morgan fingerprint density at radius 2 is 2.13 bits per heavy atom. The van der Waals surface area contributed by atoms with Gasteiger partial charge in [-0.3, -0.25) is 4.79 Å². The van der Waals surface area contributed by atoms with Crippen LogP contribution in [-0.2, 0) is 11.2 Å². The number of phenols is 1. The van der Waals surface area contributed by atoms with Gasteiger partial charge in [0.05, 0.1) is 12.7 Å². The second kappa shape index (κ2) is 6.87. The highest BCUT2D eigenvalue weighted by atomic mass is 16.4. The molecule has 3 rings (SSSR count). The summed E-state index contributed by atoms with van der Waals surface area (Å²) in [4.78, 5) is 14.4. The number of hydrogen-bond donors (Lipinski definition) is 2. The number of carbonyl (C=O) groups excluding carboxylic acids is 1. The fraction of sp³-hybridized carbons (Fsp3) is 0.389. The van der Waals surface area contributed by atoms with Gasteiger partial charge >= 0.3 is 0 Å². The molecule has 2 heterocycles. The molecule has 5 nitrogen and oxygen atoms in total. The molecule has 1 aromatic heterocycles. The molecule has 2 atom stereocenters. The van der Waals surface area contributed by atoms with Gasteiger partial charge in [-0.15, -0.1) is 0 Å². The average molecular weight is 315 g/mol. The predicted octanol–water partition coefficient (Wildman–Crippen LogP) is 2.64.